The van der Waals surface area contributed by atoms with Crippen LogP contribution in [0.2, 0.25) is 18.1 Å². The largest absolute Gasteiger partial charge is 0.414 e. The molecule has 0 rings (SSSR count). The normalized spacial score (nSPS) is 12.5. The molecular weight excluding hydrogens is 488 g/mol. The molecule has 0 bridgehead atoms. The maximum Gasteiger partial charge on any atom is 0.192 e. The molecule has 36 heavy (non-hydrogen) atoms. The first kappa shape index (κ1) is 35.8. The van der Waals surface area contributed by atoms with Gasteiger partial charge in [-0.25, -0.2) is 0 Å². The lowest BCUT2D eigenvalue weighted by Crippen LogP contribution is -2.41. The van der Waals surface area contributed by atoms with Crippen molar-refractivity contribution in [3.05, 3.63) is 0 Å². The van der Waals surface area contributed by atoms with Crippen molar-refractivity contribution in [2.75, 3.05) is 126 Å². The van der Waals surface area contributed by atoms with Gasteiger partial charge in [0.25, 0.3) is 0 Å². The molecule has 0 unspecified atom stereocenters. The highest BCUT2D eigenvalue weighted by Gasteiger charge is 2.36. The van der Waals surface area contributed by atoms with Crippen LogP contribution in [0.15, 0.2) is 0 Å². The van der Waals surface area contributed by atoms with Gasteiger partial charge in [0.1, 0.15) is 0 Å². The Morgan fingerprint density at radius 1 is 0.389 bits per heavy atom. The van der Waals surface area contributed by atoms with Crippen LogP contribution in [0.5, 0.6) is 0 Å². The highest BCUT2D eigenvalue weighted by atomic mass is 28.4. The van der Waals surface area contributed by atoms with Crippen molar-refractivity contribution in [3.63, 3.8) is 0 Å². The minimum atomic E-state index is -1.69. The second-order valence-electron chi connectivity index (χ2n) is 9.50. The van der Waals surface area contributed by atoms with E-state index in [1.165, 1.54) is 0 Å². The summed E-state index contributed by atoms with van der Waals surface area (Å²) < 4.78 is 54.5. The molecule has 0 saturated carbocycles. The quantitative estimate of drug-likeness (QED) is 0.109. The van der Waals surface area contributed by atoms with Gasteiger partial charge >= 0.3 is 0 Å². The Bertz CT molecular complexity index is 449. The Morgan fingerprint density at radius 3 is 0.833 bits per heavy atom. The van der Waals surface area contributed by atoms with Crippen LogP contribution in [0.3, 0.4) is 0 Å². The first-order chi connectivity index (χ1) is 17.3. The van der Waals surface area contributed by atoms with Gasteiger partial charge in [0.2, 0.25) is 0 Å². The maximum absolute atomic E-state index is 6.07. The van der Waals surface area contributed by atoms with Crippen LogP contribution in [-0.4, -0.2) is 134 Å². The second-order valence-corrected chi connectivity index (χ2v) is 14.3. The van der Waals surface area contributed by atoms with Gasteiger partial charge in [0.15, 0.2) is 8.32 Å². The van der Waals surface area contributed by atoms with Crippen molar-refractivity contribution >= 4 is 8.32 Å². The van der Waals surface area contributed by atoms with Gasteiger partial charge in [-0.2, -0.15) is 0 Å². The summed E-state index contributed by atoms with van der Waals surface area (Å²) in [4.78, 5) is 0. The molecular formula is C25H54O10Si. The predicted octanol–water partition coefficient (Wildman–Crippen LogP) is 2.79. The lowest BCUT2D eigenvalue weighted by atomic mass is 10.2. The predicted molar refractivity (Wildman–Crippen MR) is 142 cm³/mol. The van der Waals surface area contributed by atoms with Gasteiger partial charge in [-0.15, -0.1) is 0 Å². The minimum absolute atomic E-state index is 0.224. The van der Waals surface area contributed by atoms with Crippen molar-refractivity contribution in [1.82, 2.24) is 0 Å². The number of methoxy groups -OCH3 is 1. The zero-order valence-electron chi connectivity index (χ0n) is 23.8. The lowest BCUT2D eigenvalue weighted by molar-refractivity contribution is -0.0247. The molecule has 0 radical (unpaired) electrons. The Kier molecular flexibility index (Phi) is 25.0. The third-order valence-electron chi connectivity index (χ3n) is 5.53. The van der Waals surface area contributed by atoms with Crippen LogP contribution in [-0.2, 0) is 47.1 Å². The Labute approximate surface area is 220 Å². The molecule has 0 spiro atoms. The summed E-state index contributed by atoms with van der Waals surface area (Å²) in [6.45, 7) is 21.2. The monoisotopic (exact) mass is 542 g/mol. The topological polar surface area (TPSA) is 92.3 Å². The molecule has 218 valence electrons. The summed E-state index contributed by atoms with van der Waals surface area (Å²) in [5, 5.41) is 0.224. The van der Waals surface area contributed by atoms with Crippen LogP contribution in [0.4, 0.5) is 0 Å². The van der Waals surface area contributed by atoms with E-state index in [9.17, 15) is 0 Å². The summed E-state index contributed by atoms with van der Waals surface area (Å²) in [6, 6.07) is 0. The Hall–Kier alpha value is -0.183. The van der Waals surface area contributed by atoms with E-state index in [0.717, 1.165) is 0 Å². The van der Waals surface area contributed by atoms with E-state index < -0.39 is 8.32 Å². The molecule has 0 heterocycles. The molecule has 0 aromatic carbocycles. The third kappa shape index (κ3) is 24.2. The second kappa shape index (κ2) is 25.1. The van der Waals surface area contributed by atoms with E-state index in [1.54, 1.807) is 7.11 Å². The van der Waals surface area contributed by atoms with E-state index >= 15 is 0 Å². The van der Waals surface area contributed by atoms with Gasteiger partial charge < -0.3 is 47.1 Å². The van der Waals surface area contributed by atoms with Crippen LogP contribution in [0.1, 0.15) is 20.8 Å². The highest BCUT2D eigenvalue weighted by Crippen LogP contribution is 2.36. The standard InChI is InChI=1S/C25H54O10Si/c1-25(2,3)36(5,6)35-24-23-34-22-21-33-20-19-32-18-17-31-16-15-30-14-13-29-12-11-28-10-9-27-8-7-26-4/h7-24H2,1-6H3. The first-order valence-electron chi connectivity index (χ1n) is 13.1. The summed E-state index contributed by atoms with van der Waals surface area (Å²) in [5.74, 6) is 0. The zero-order valence-corrected chi connectivity index (χ0v) is 24.8. The van der Waals surface area contributed by atoms with Gasteiger partial charge in [0.05, 0.1) is 119 Å². The van der Waals surface area contributed by atoms with Crippen molar-refractivity contribution < 1.29 is 47.1 Å². The molecule has 0 aliphatic carbocycles. The van der Waals surface area contributed by atoms with Gasteiger partial charge in [-0.3, -0.25) is 0 Å². The summed E-state index contributed by atoms with van der Waals surface area (Å²) in [5.41, 5.74) is 0. The van der Waals surface area contributed by atoms with Crippen LogP contribution in [0.25, 0.3) is 0 Å². The molecule has 11 heteroatoms. The first-order valence-corrected chi connectivity index (χ1v) is 16.0. The van der Waals surface area contributed by atoms with Crippen molar-refractivity contribution in [1.29, 1.82) is 0 Å². The molecule has 10 nitrogen and oxygen atoms in total. The van der Waals surface area contributed by atoms with Crippen LogP contribution < -0.4 is 0 Å². The third-order valence-corrected chi connectivity index (χ3v) is 10.1. The highest BCUT2D eigenvalue weighted by molar-refractivity contribution is 6.74. The number of hydrogen-bond acceptors (Lipinski definition) is 10. The van der Waals surface area contributed by atoms with Crippen molar-refractivity contribution in [2.24, 2.45) is 0 Å². The molecule has 0 aromatic heterocycles. The number of rotatable bonds is 28. The smallest absolute Gasteiger partial charge is 0.192 e. The average Bonchev–Trinajstić information content (AvgIpc) is 2.82. The van der Waals surface area contributed by atoms with E-state index in [0.29, 0.717) is 119 Å². The van der Waals surface area contributed by atoms with Crippen molar-refractivity contribution in [3.8, 4) is 0 Å². The summed E-state index contributed by atoms with van der Waals surface area (Å²) in [6.07, 6.45) is 0. The zero-order chi connectivity index (χ0) is 26.8. The van der Waals surface area contributed by atoms with Crippen molar-refractivity contribution in [2.45, 2.75) is 38.9 Å². The minimum Gasteiger partial charge on any atom is -0.414 e. The van der Waals surface area contributed by atoms with Crippen LogP contribution in [0, 0.1) is 0 Å². The van der Waals surface area contributed by atoms with Gasteiger partial charge in [-0.1, -0.05) is 20.8 Å². The van der Waals surface area contributed by atoms with E-state index in [4.69, 9.17) is 47.1 Å². The average molecular weight is 543 g/mol. The Balaban J connectivity index is 3.13. The van der Waals surface area contributed by atoms with E-state index in [2.05, 4.69) is 33.9 Å². The summed E-state index contributed by atoms with van der Waals surface area (Å²) >= 11 is 0. The Morgan fingerprint density at radius 2 is 0.611 bits per heavy atom. The molecule has 0 saturated heterocycles. The maximum atomic E-state index is 6.07. The molecule has 0 aliphatic rings. The molecule has 0 aromatic rings. The molecule has 0 aliphatic heterocycles. The molecule has 0 amide bonds. The van der Waals surface area contributed by atoms with Gasteiger partial charge in [-0.05, 0) is 18.1 Å². The SMILES string of the molecule is COCCOCCOCCOCCOCCOCCOCCOCCOCCO[Si](C)(C)C(C)(C)C. The fourth-order valence-electron chi connectivity index (χ4n) is 2.36. The number of ether oxygens (including phenoxy) is 9. The molecule has 0 N–H and O–H groups in total. The lowest BCUT2D eigenvalue weighted by Gasteiger charge is -2.36. The summed E-state index contributed by atoms with van der Waals surface area (Å²) in [7, 11) is -0.0364. The molecule has 0 fully saturated rings. The van der Waals surface area contributed by atoms with E-state index in [1.807, 2.05) is 0 Å². The van der Waals surface area contributed by atoms with Gasteiger partial charge in [0, 0.05) is 7.11 Å². The molecule has 0 atom stereocenters. The fraction of sp³-hybridized carbons (Fsp3) is 1.00. The van der Waals surface area contributed by atoms with Crippen LogP contribution >= 0.6 is 0 Å². The fourth-order valence-corrected chi connectivity index (χ4v) is 3.38. The van der Waals surface area contributed by atoms with E-state index in [-0.39, 0.29) is 5.04 Å². The number of hydrogen-bond donors (Lipinski definition) is 0.